The summed E-state index contributed by atoms with van der Waals surface area (Å²) in [5.74, 6) is 2.77. The molecular formula is C17H22N4OS2. The molecule has 128 valence electrons. The number of benzene rings is 1. The molecule has 0 unspecified atom stereocenters. The van der Waals surface area contributed by atoms with Crippen LogP contribution in [0.3, 0.4) is 0 Å². The topological polar surface area (TPSA) is 64.6 Å². The minimum Gasteiger partial charge on any atom is -0.467 e. The fourth-order valence-corrected chi connectivity index (χ4v) is 3.51. The molecule has 0 bridgehead atoms. The Kier molecular flexibility index (Phi) is 7.50. The van der Waals surface area contributed by atoms with E-state index in [0.717, 1.165) is 35.7 Å². The van der Waals surface area contributed by atoms with Gasteiger partial charge in [0, 0.05) is 29.6 Å². The lowest BCUT2D eigenvalue weighted by atomic mass is 10.1. The average molecular weight is 363 g/mol. The Morgan fingerprint density at radius 3 is 2.96 bits per heavy atom. The van der Waals surface area contributed by atoms with E-state index in [2.05, 4.69) is 47.5 Å². The van der Waals surface area contributed by atoms with Gasteiger partial charge < -0.3 is 14.6 Å². The second-order valence-corrected chi connectivity index (χ2v) is 7.42. The first kappa shape index (κ1) is 18.7. The Labute approximate surface area is 151 Å². The van der Waals surface area contributed by atoms with Gasteiger partial charge in [0.15, 0.2) is 5.17 Å². The molecule has 2 rings (SSSR count). The van der Waals surface area contributed by atoms with E-state index in [-0.39, 0.29) is 0 Å². The summed E-state index contributed by atoms with van der Waals surface area (Å²) >= 11 is 3.24. The third-order valence-corrected chi connectivity index (χ3v) is 4.93. The number of thioether (sulfide) groups is 2. The van der Waals surface area contributed by atoms with Gasteiger partial charge >= 0.3 is 0 Å². The molecule has 0 aliphatic heterocycles. The molecule has 0 aliphatic carbocycles. The highest BCUT2D eigenvalue weighted by Crippen LogP contribution is 2.26. The van der Waals surface area contributed by atoms with E-state index >= 15 is 0 Å². The molecule has 5 nitrogen and oxygen atoms in total. The lowest BCUT2D eigenvalue weighted by molar-refractivity contribution is 0.403. The normalized spacial score (nSPS) is 11.9. The van der Waals surface area contributed by atoms with E-state index in [4.69, 9.17) is 9.68 Å². The van der Waals surface area contributed by atoms with Crippen LogP contribution in [-0.4, -0.2) is 42.7 Å². The first-order chi connectivity index (χ1) is 11.6. The van der Waals surface area contributed by atoms with E-state index < -0.39 is 0 Å². The van der Waals surface area contributed by atoms with Crippen LogP contribution in [0.2, 0.25) is 0 Å². The van der Waals surface area contributed by atoms with E-state index in [9.17, 15) is 0 Å². The van der Waals surface area contributed by atoms with Crippen LogP contribution in [0.1, 0.15) is 11.3 Å². The van der Waals surface area contributed by atoms with Gasteiger partial charge in [-0.05, 0) is 32.0 Å². The maximum Gasteiger partial charge on any atom is 0.208 e. The van der Waals surface area contributed by atoms with Gasteiger partial charge in [0.25, 0.3) is 0 Å². The van der Waals surface area contributed by atoms with Gasteiger partial charge in [0.05, 0.1) is 12.0 Å². The van der Waals surface area contributed by atoms with Crippen LogP contribution < -0.4 is 5.32 Å². The number of nitrogens with zero attached hydrogens (tertiary/aromatic N) is 3. The number of nitriles is 1. The summed E-state index contributed by atoms with van der Waals surface area (Å²) in [6.07, 6.45) is 5.54. The number of amidine groups is 1. The fourth-order valence-electron chi connectivity index (χ4n) is 2.33. The molecule has 0 amide bonds. The Hall–Kier alpha value is -1.62. The number of hydrogen-bond donors (Lipinski definition) is 1. The monoisotopic (exact) mass is 362 g/mol. The maximum atomic E-state index is 8.55. The van der Waals surface area contributed by atoms with Crippen molar-refractivity contribution in [3.63, 3.8) is 0 Å². The number of nitrogens with one attached hydrogen (secondary N) is 1. The van der Waals surface area contributed by atoms with E-state index in [1.807, 2.05) is 12.5 Å². The summed E-state index contributed by atoms with van der Waals surface area (Å²) in [6, 6.07) is 6.51. The van der Waals surface area contributed by atoms with Gasteiger partial charge in [-0.1, -0.05) is 23.9 Å². The van der Waals surface area contributed by atoms with E-state index in [1.165, 1.54) is 22.7 Å². The van der Waals surface area contributed by atoms with Crippen molar-refractivity contribution >= 4 is 39.5 Å². The molecule has 0 spiro atoms. The molecular weight excluding hydrogens is 340 g/mol. The third kappa shape index (κ3) is 5.48. The van der Waals surface area contributed by atoms with Crippen molar-refractivity contribution in [1.29, 1.82) is 5.26 Å². The molecule has 0 fully saturated rings. The standard InChI is InChI=1S/C17H22N4OS2/c1-21(2)9-13-4-5-15-14(8-13)10-22-16(15)11-24-7-6-19-17(23-3)20-12-18/h4-5,8,10H,6-7,9,11H2,1-3H3,(H,19,20). The van der Waals surface area contributed by atoms with Crippen molar-refractivity contribution < 1.29 is 4.42 Å². The molecule has 2 aromatic rings. The minimum absolute atomic E-state index is 0.662. The minimum atomic E-state index is 0.662. The molecule has 0 aliphatic rings. The first-order valence-corrected chi connectivity index (χ1v) is 9.98. The lowest BCUT2D eigenvalue weighted by Gasteiger charge is -2.09. The molecule has 0 saturated carbocycles. The molecule has 0 atom stereocenters. The molecule has 1 aromatic carbocycles. The Balaban J connectivity index is 1.85. The van der Waals surface area contributed by atoms with Crippen LogP contribution in [0, 0.1) is 11.5 Å². The molecule has 7 heteroatoms. The van der Waals surface area contributed by atoms with Crippen molar-refractivity contribution in [3.05, 3.63) is 35.8 Å². The van der Waals surface area contributed by atoms with E-state index in [0.29, 0.717) is 5.17 Å². The second kappa shape index (κ2) is 9.62. The SMILES string of the molecule is CSC(=NC#N)NCCSCc1occ2cc(CN(C)C)ccc12. The molecule has 1 heterocycles. The zero-order valence-corrected chi connectivity index (χ0v) is 15.8. The third-order valence-electron chi connectivity index (χ3n) is 3.34. The molecule has 1 N–H and O–H groups in total. The Bertz CT molecular complexity index is 734. The van der Waals surface area contributed by atoms with Crippen molar-refractivity contribution in [2.45, 2.75) is 12.3 Å². The highest BCUT2D eigenvalue weighted by atomic mass is 32.2. The number of fused-ring (bicyclic) bond motifs is 1. The van der Waals surface area contributed by atoms with Gasteiger partial charge in [0.1, 0.15) is 5.76 Å². The number of aliphatic imine (C=N–C) groups is 1. The summed E-state index contributed by atoms with van der Waals surface area (Å²) < 4.78 is 5.74. The van der Waals surface area contributed by atoms with Crippen LogP contribution >= 0.6 is 23.5 Å². The van der Waals surface area contributed by atoms with E-state index in [1.54, 1.807) is 18.0 Å². The highest BCUT2D eigenvalue weighted by molar-refractivity contribution is 8.13. The van der Waals surface area contributed by atoms with Crippen molar-refractivity contribution in [2.75, 3.05) is 32.6 Å². The summed E-state index contributed by atoms with van der Waals surface area (Å²) in [6.45, 7) is 1.70. The zero-order chi connectivity index (χ0) is 17.4. The molecule has 24 heavy (non-hydrogen) atoms. The molecule has 0 radical (unpaired) electrons. The first-order valence-electron chi connectivity index (χ1n) is 7.60. The summed E-state index contributed by atoms with van der Waals surface area (Å²) in [5, 5.41) is 14.7. The largest absolute Gasteiger partial charge is 0.467 e. The van der Waals surface area contributed by atoms with Gasteiger partial charge in [-0.15, -0.1) is 4.99 Å². The second-order valence-electron chi connectivity index (χ2n) is 5.52. The highest BCUT2D eigenvalue weighted by Gasteiger charge is 2.07. The molecule has 1 aromatic heterocycles. The van der Waals surface area contributed by atoms with Crippen molar-refractivity contribution in [1.82, 2.24) is 10.2 Å². The zero-order valence-electron chi connectivity index (χ0n) is 14.2. The summed E-state index contributed by atoms with van der Waals surface area (Å²) in [4.78, 5) is 5.86. The maximum absolute atomic E-state index is 8.55. The van der Waals surface area contributed by atoms with Crippen LogP contribution in [-0.2, 0) is 12.3 Å². The fraction of sp³-hybridized carbons (Fsp3) is 0.412. The number of hydrogen-bond acceptors (Lipinski definition) is 6. The summed E-state index contributed by atoms with van der Waals surface area (Å²) in [7, 11) is 4.14. The predicted molar refractivity (Wildman–Crippen MR) is 104 cm³/mol. The Morgan fingerprint density at radius 2 is 2.25 bits per heavy atom. The van der Waals surface area contributed by atoms with Crippen molar-refractivity contribution in [2.24, 2.45) is 4.99 Å². The molecule has 0 saturated heterocycles. The smallest absolute Gasteiger partial charge is 0.208 e. The quantitative estimate of drug-likeness (QED) is 0.352. The number of furan rings is 1. The average Bonchev–Trinajstić information content (AvgIpc) is 2.95. The lowest BCUT2D eigenvalue weighted by Crippen LogP contribution is -2.22. The van der Waals surface area contributed by atoms with Crippen LogP contribution in [0.25, 0.3) is 10.8 Å². The van der Waals surface area contributed by atoms with Crippen molar-refractivity contribution in [3.8, 4) is 6.19 Å². The van der Waals surface area contributed by atoms with Crippen LogP contribution in [0.5, 0.6) is 0 Å². The summed E-state index contributed by atoms with van der Waals surface area (Å²) in [5.41, 5.74) is 1.29. The van der Waals surface area contributed by atoms with Gasteiger partial charge in [-0.3, -0.25) is 0 Å². The Morgan fingerprint density at radius 1 is 1.42 bits per heavy atom. The van der Waals surface area contributed by atoms with Gasteiger partial charge in [-0.2, -0.15) is 17.0 Å². The van der Waals surface area contributed by atoms with Crippen LogP contribution in [0.4, 0.5) is 0 Å². The van der Waals surface area contributed by atoms with Gasteiger partial charge in [-0.25, -0.2) is 0 Å². The number of rotatable bonds is 7. The van der Waals surface area contributed by atoms with Crippen LogP contribution in [0.15, 0.2) is 33.9 Å². The predicted octanol–water partition coefficient (Wildman–Crippen LogP) is 3.52. The van der Waals surface area contributed by atoms with Gasteiger partial charge in [0.2, 0.25) is 6.19 Å².